The van der Waals surface area contributed by atoms with Crippen LogP contribution in [0.4, 0.5) is 0 Å². The molecule has 1 aromatic rings. The lowest BCUT2D eigenvalue weighted by molar-refractivity contribution is -0.126. The SMILES string of the molecule is CN1CCCC(=O)C1c1ccccc1C(=O)O. The highest BCUT2D eigenvalue weighted by Gasteiger charge is 2.31. The van der Waals surface area contributed by atoms with Crippen molar-refractivity contribution >= 4 is 11.8 Å². The highest BCUT2D eigenvalue weighted by molar-refractivity contribution is 5.94. The van der Waals surface area contributed by atoms with E-state index >= 15 is 0 Å². The van der Waals surface area contributed by atoms with E-state index in [-0.39, 0.29) is 11.3 Å². The second-order valence-corrected chi connectivity index (χ2v) is 4.35. The van der Waals surface area contributed by atoms with E-state index in [1.54, 1.807) is 24.3 Å². The van der Waals surface area contributed by atoms with E-state index in [2.05, 4.69) is 0 Å². The van der Waals surface area contributed by atoms with Crippen molar-refractivity contribution in [3.63, 3.8) is 0 Å². The summed E-state index contributed by atoms with van der Waals surface area (Å²) >= 11 is 0. The monoisotopic (exact) mass is 233 g/mol. The summed E-state index contributed by atoms with van der Waals surface area (Å²) in [4.78, 5) is 25.0. The van der Waals surface area contributed by atoms with E-state index in [4.69, 9.17) is 5.11 Å². The molecule has 1 aromatic carbocycles. The molecule has 0 aromatic heterocycles. The van der Waals surface area contributed by atoms with Crippen molar-refractivity contribution in [2.75, 3.05) is 13.6 Å². The van der Waals surface area contributed by atoms with Gasteiger partial charge in [0.15, 0.2) is 5.78 Å². The molecule has 0 saturated carbocycles. The van der Waals surface area contributed by atoms with Gasteiger partial charge in [0, 0.05) is 6.42 Å². The number of nitrogens with zero attached hydrogens (tertiary/aromatic N) is 1. The Morgan fingerprint density at radius 3 is 2.76 bits per heavy atom. The lowest BCUT2D eigenvalue weighted by Crippen LogP contribution is -2.37. The Bertz CT molecular complexity index is 456. The maximum atomic E-state index is 11.9. The first-order valence-corrected chi connectivity index (χ1v) is 5.66. The summed E-state index contributed by atoms with van der Waals surface area (Å²) in [6.07, 6.45) is 1.38. The fourth-order valence-corrected chi connectivity index (χ4v) is 2.36. The van der Waals surface area contributed by atoms with E-state index in [1.165, 1.54) is 0 Å². The average molecular weight is 233 g/mol. The second kappa shape index (κ2) is 4.67. The van der Waals surface area contributed by atoms with Gasteiger partial charge in [-0.15, -0.1) is 0 Å². The first-order valence-electron chi connectivity index (χ1n) is 5.66. The molecule has 1 saturated heterocycles. The summed E-state index contributed by atoms with van der Waals surface area (Å²) in [7, 11) is 1.86. The zero-order valence-electron chi connectivity index (χ0n) is 9.72. The Kier molecular flexibility index (Phi) is 3.24. The number of aromatic carboxylic acids is 1. The minimum absolute atomic E-state index is 0.104. The summed E-state index contributed by atoms with van der Waals surface area (Å²) in [5.41, 5.74) is 0.826. The van der Waals surface area contributed by atoms with Crippen molar-refractivity contribution in [1.82, 2.24) is 4.90 Å². The van der Waals surface area contributed by atoms with Crippen LogP contribution in [0.2, 0.25) is 0 Å². The number of carbonyl (C=O) groups is 2. The molecule has 90 valence electrons. The number of carboxylic acids is 1. The summed E-state index contributed by atoms with van der Waals surface area (Å²) in [5.74, 6) is -0.875. The molecule has 0 aliphatic carbocycles. The maximum absolute atomic E-state index is 11.9. The van der Waals surface area contributed by atoms with Gasteiger partial charge in [0.05, 0.1) is 11.6 Å². The van der Waals surface area contributed by atoms with Gasteiger partial charge in [-0.2, -0.15) is 0 Å². The van der Waals surface area contributed by atoms with Crippen molar-refractivity contribution in [2.45, 2.75) is 18.9 Å². The molecule has 1 N–H and O–H groups in total. The average Bonchev–Trinajstić information content (AvgIpc) is 2.29. The minimum Gasteiger partial charge on any atom is -0.478 e. The van der Waals surface area contributed by atoms with Gasteiger partial charge in [-0.25, -0.2) is 4.79 Å². The van der Waals surface area contributed by atoms with Crippen LogP contribution in [0.5, 0.6) is 0 Å². The fraction of sp³-hybridized carbons (Fsp3) is 0.385. The van der Waals surface area contributed by atoms with Gasteiger partial charge >= 0.3 is 5.97 Å². The molecule has 0 spiro atoms. The molecule has 4 heteroatoms. The zero-order chi connectivity index (χ0) is 12.4. The molecule has 1 heterocycles. The molecule has 1 aliphatic rings. The van der Waals surface area contributed by atoms with Crippen LogP contribution in [0.15, 0.2) is 24.3 Å². The number of rotatable bonds is 2. The topological polar surface area (TPSA) is 57.6 Å². The molecule has 1 aliphatic heterocycles. The Balaban J connectivity index is 2.44. The van der Waals surface area contributed by atoms with Crippen LogP contribution in [0.25, 0.3) is 0 Å². The van der Waals surface area contributed by atoms with Crippen LogP contribution < -0.4 is 0 Å². The standard InChI is InChI=1S/C13H15NO3/c1-14-8-4-7-11(15)12(14)9-5-2-3-6-10(9)13(16)17/h2-3,5-6,12H,4,7-8H2,1H3,(H,16,17). The van der Waals surface area contributed by atoms with Crippen LogP contribution >= 0.6 is 0 Å². The molecule has 17 heavy (non-hydrogen) atoms. The largest absolute Gasteiger partial charge is 0.478 e. The number of hydrogen-bond acceptors (Lipinski definition) is 3. The summed E-state index contributed by atoms with van der Waals surface area (Å²) in [6, 6.07) is 6.33. The summed E-state index contributed by atoms with van der Waals surface area (Å²) < 4.78 is 0. The number of ketones is 1. The Morgan fingerprint density at radius 2 is 2.12 bits per heavy atom. The molecule has 0 bridgehead atoms. The van der Waals surface area contributed by atoms with Crippen molar-refractivity contribution in [3.05, 3.63) is 35.4 Å². The van der Waals surface area contributed by atoms with Crippen molar-refractivity contribution in [3.8, 4) is 0 Å². The molecular formula is C13H15NO3. The number of piperidine rings is 1. The predicted molar refractivity (Wildman–Crippen MR) is 63.0 cm³/mol. The van der Waals surface area contributed by atoms with Gasteiger partial charge in [-0.3, -0.25) is 9.69 Å². The van der Waals surface area contributed by atoms with Crippen molar-refractivity contribution in [2.24, 2.45) is 0 Å². The molecule has 2 rings (SSSR count). The van der Waals surface area contributed by atoms with E-state index < -0.39 is 12.0 Å². The van der Waals surface area contributed by atoms with E-state index in [0.29, 0.717) is 12.0 Å². The summed E-state index contributed by atoms with van der Waals surface area (Å²) in [6.45, 7) is 0.824. The van der Waals surface area contributed by atoms with Crippen molar-refractivity contribution < 1.29 is 14.7 Å². The molecule has 4 nitrogen and oxygen atoms in total. The van der Waals surface area contributed by atoms with Gasteiger partial charge in [0.25, 0.3) is 0 Å². The number of hydrogen-bond donors (Lipinski definition) is 1. The molecular weight excluding hydrogens is 218 g/mol. The van der Waals surface area contributed by atoms with Gasteiger partial charge in [-0.1, -0.05) is 18.2 Å². The number of benzene rings is 1. The van der Waals surface area contributed by atoms with Gasteiger partial charge < -0.3 is 5.11 Å². The minimum atomic E-state index is -0.979. The van der Waals surface area contributed by atoms with Gasteiger partial charge in [-0.05, 0) is 31.6 Å². The third-order valence-electron chi connectivity index (χ3n) is 3.17. The fourth-order valence-electron chi connectivity index (χ4n) is 2.36. The Hall–Kier alpha value is -1.68. The number of Topliss-reactive ketones (excluding diaryl/α,β-unsaturated/α-hetero) is 1. The lowest BCUT2D eigenvalue weighted by atomic mass is 9.91. The third kappa shape index (κ3) is 2.22. The highest BCUT2D eigenvalue weighted by Crippen LogP contribution is 2.29. The first kappa shape index (κ1) is 11.8. The second-order valence-electron chi connectivity index (χ2n) is 4.35. The predicted octanol–water partition coefficient (Wildman–Crippen LogP) is 1.72. The maximum Gasteiger partial charge on any atom is 0.336 e. The van der Waals surface area contributed by atoms with Crippen LogP contribution in [-0.2, 0) is 4.79 Å². The van der Waals surface area contributed by atoms with Crippen LogP contribution in [0.3, 0.4) is 0 Å². The van der Waals surface area contributed by atoms with Gasteiger partial charge in [0.1, 0.15) is 0 Å². The Morgan fingerprint density at radius 1 is 1.41 bits per heavy atom. The molecule has 0 amide bonds. The lowest BCUT2D eigenvalue weighted by Gasteiger charge is -2.32. The van der Waals surface area contributed by atoms with Crippen LogP contribution in [0.1, 0.15) is 34.8 Å². The smallest absolute Gasteiger partial charge is 0.336 e. The molecule has 0 radical (unpaired) electrons. The number of likely N-dealkylation sites (N-methyl/N-ethyl adjacent to an activating group) is 1. The number of carboxylic acid groups (broad SMARTS) is 1. The quantitative estimate of drug-likeness (QED) is 0.845. The number of likely N-dealkylation sites (tertiary alicyclic amines) is 1. The molecule has 1 unspecified atom stereocenters. The van der Waals surface area contributed by atoms with Gasteiger partial charge in [0.2, 0.25) is 0 Å². The first-order chi connectivity index (χ1) is 8.11. The van der Waals surface area contributed by atoms with E-state index in [1.807, 2.05) is 11.9 Å². The highest BCUT2D eigenvalue weighted by atomic mass is 16.4. The summed E-state index contributed by atoms with van der Waals surface area (Å²) in [5, 5.41) is 9.14. The van der Waals surface area contributed by atoms with Crippen molar-refractivity contribution in [1.29, 1.82) is 0 Å². The third-order valence-corrected chi connectivity index (χ3v) is 3.17. The molecule has 1 fully saturated rings. The van der Waals surface area contributed by atoms with Crippen LogP contribution in [-0.4, -0.2) is 35.4 Å². The number of carbonyl (C=O) groups excluding carboxylic acids is 1. The Labute approximate surface area is 99.9 Å². The normalized spacial score (nSPS) is 21.5. The van der Waals surface area contributed by atoms with Crippen LogP contribution in [0, 0.1) is 0 Å². The molecule has 1 atom stereocenters. The zero-order valence-corrected chi connectivity index (χ0v) is 9.72. The van der Waals surface area contributed by atoms with E-state index in [9.17, 15) is 9.59 Å². The van der Waals surface area contributed by atoms with E-state index in [0.717, 1.165) is 13.0 Å².